The average Bonchev–Trinajstić information content (AvgIpc) is 2.73. The number of hydrogen-bond donors (Lipinski definition) is 2. The second-order valence-electron chi connectivity index (χ2n) is 4.84. The van der Waals surface area contributed by atoms with Gasteiger partial charge in [-0.3, -0.25) is 14.9 Å². The van der Waals surface area contributed by atoms with Gasteiger partial charge in [0, 0.05) is 11.8 Å². The predicted molar refractivity (Wildman–Crippen MR) is 76.5 cm³/mol. The summed E-state index contributed by atoms with van der Waals surface area (Å²) in [6.45, 7) is 3.29. The second kappa shape index (κ2) is 6.42. The zero-order valence-electron chi connectivity index (χ0n) is 12.3. The molecule has 1 heterocycles. The van der Waals surface area contributed by atoms with Gasteiger partial charge in [-0.15, -0.1) is 4.83 Å². The van der Waals surface area contributed by atoms with Gasteiger partial charge in [0.1, 0.15) is 18.2 Å². The van der Waals surface area contributed by atoms with Crippen LogP contribution in [0, 0.1) is 25.5 Å². The van der Waals surface area contributed by atoms with E-state index >= 15 is 0 Å². The first-order valence-corrected chi connectivity index (χ1v) is 7.93. The Morgan fingerprint density at radius 1 is 1.17 bits per heavy atom. The van der Waals surface area contributed by atoms with E-state index in [1.165, 1.54) is 4.68 Å². The molecule has 0 atom stereocenters. The molecule has 2 N–H and O–H groups in total. The number of aromatic nitrogens is 2. The second-order valence-corrected chi connectivity index (χ2v) is 6.53. The maximum atomic E-state index is 13.1. The Bertz CT molecular complexity index is 829. The molecule has 0 aliphatic rings. The first-order chi connectivity index (χ1) is 10.7. The third-order valence-electron chi connectivity index (χ3n) is 2.87. The Morgan fingerprint density at radius 3 is 2.30 bits per heavy atom. The van der Waals surface area contributed by atoms with Crippen LogP contribution in [0.25, 0.3) is 0 Å². The Morgan fingerprint density at radius 2 is 1.78 bits per heavy atom. The van der Waals surface area contributed by atoms with Gasteiger partial charge in [0.15, 0.2) is 0 Å². The van der Waals surface area contributed by atoms with E-state index in [2.05, 4.69) is 5.10 Å². The van der Waals surface area contributed by atoms with Gasteiger partial charge in [-0.05, 0) is 32.0 Å². The lowest BCUT2D eigenvalue weighted by Crippen LogP contribution is -2.43. The van der Waals surface area contributed by atoms with Crippen LogP contribution in [0.15, 0.2) is 29.2 Å². The lowest BCUT2D eigenvalue weighted by molar-refractivity contribution is -0.122. The van der Waals surface area contributed by atoms with Crippen molar-refractivity contribution < 1.29 is 22.0 Å². The minimum absolute atomic E-state index is 0.209. The van der Waals surface area contributed by atoms with Gasteiger partial charge in [0.05, 0.1) is 10.6 Å². The molecule has 0 fully saturated rings. The Kier molecular flexibility index (Phi) is 4.76. The smallest absolute Gasteiger partial charge is 0.257 e. The van der Waals surface area contributed by atoms with Crippen LogP contribution in [-0.2, 0) is 21.4 Å². The highest BCUT2D eigenvalue weighted by atomic mass is 32.2. The highest BCUT2D eigenvalue weighted by molar-refractivity contribution is 7.89. The molecule has 1 aromatic heterocycles. The van der Waals surface area contributed by atoms with Gasteiger partial charge in [-0.2, -0.15) is 5.10 Å². The number of hydrogen-bond acceptors (Lipinski definition) is 4. The summed E-state index contributed by atoms with van der Waals surface area (Å²) >= 11 is 0. The van der Waals surface area contributed by atoms with E-state index in [1.54, 1.807) is 24.7 Å². The number of carbonyl (C=O) groups is 1. The van der Waals surface area contributed by atoms with E-state index < -0.39 is 32.5 Å². The Labute approximate surface area is 131 Å². The molecule has 10 heteroatoms. The van der Waals surface area contributed by atoms with Crippen molar-refractivity contribution in [3.63, 3.8) is 0 Å². The van der Waals surface area contributed by atoms with Gasteiger partial charge in [0.2, 0.25) is 0 Å². The Balaban J connectivity index is 2.04. The highest BCUT2D eigenvalue weighted by Gasteiger charge is 2.18. The maximum absolute atomic E-state index is 13.1. The van der Waals surface area contributed by atoms with Crippen molar-refractivity contribution in [1.29, 1.82) is 0 Å². The largest absolute Gasteiger partial charge is 0.276 e. The average molecular weight is 344 g/mol. The number of halogens is 2. The number of carbonyl (C=O) groups excluding carboxylic acids is 1. The van der Waals surface area contributed by atoms with Crippen molar-refractivity contribution in [3.05, 3.63) is 47.3 Å². The van der Waals surface area contributed by atoms with Crippen molar-refractivity contribution in [1.82, 2.24) is 20.0 Å². The van der Waals surface area contributed by atoms with E-state index in [0.717, 1.165) is 5.69 Å². The van der Waals surface area contributed by atoms with E-state index in [9.17, 15) is 22.0 Å². The normalized spacial score (nSPS) is 11.5. The number of sulfonamides is 1. The molecule has 0 unspecified atom stereocenters. The van der Waals surface area contributed by atoms with E-state index in [-0.39, 0.29) is 6.54 Å². The molecule has 124 valence electrons. The lowest BCUT2D eigenvalue weighted by atomic mass is 10.3. The molecule has 0 saturated heterocycles. The minimum atomic E-state index is -4.29. The Hall–Kier alpha value is -2.33. The van der Waals surface area contributed by atoms with Crippen molar-refractivity contribution >= 4 is 15.9 Å². The molecular formula is C13H14F2N4O3S. The third-order valence-corrected chi connectivity index (χ3v) is 4.10. The monoisotopic (exact) mass is 344 g/mol. The number of rotatable bonds is 5. The summed E-state index contributed by atoms with van der Waals surface area (Å²) in [6, 6.07) is 3.57. The molecular weight excluding hydrogens is 330 g/mol. The van der Waals surface area contributed by atoms with Gasteiger partial charge in [-0.25, -0.2) is 17.2 Å². The van der Waals surface area contributed by atoms with Gasteiger partial charge in [0.25, 0.3) is 15.9 Å². The first kappa shape index (κ1) is 17.0. The number of aryl methyl sites for hydroxylation is 2. The minimum Gasteiger partial charge on any atom is -0.276 e. The molecule has 1 aromatic carbocycles. The van der Waals surface area contributed by atoms with Crippen LogP contribution in [0.2, 0.25) is 0 Å². The van der Waals surface area contributed by atoms with Crippen LogP contribution in [0.3, 0.4) is 0 Å². The molecule has 0 saturated carbocycles. The molecule has 0 spiro atoms. The number of amides is 1. The number of benzene rings is 1. The number of hydrazine groups is 1. The third kappa shape index (κ3) is 4.33. The highest BCUT2D eigenvalue weighted by Crippen LogP contribution is 2.12. The fraction of sp³-hybridized carbons (Fsp3) is 0.231. The summed E-state index contributed by atoms with van der Waals surface area (Å²) in [5.41, 5.74) is 3.41. The molecule has 0 radical (unpaired) electrons. The van der Waals surface area contributed by atoms with Crippen LogP contribution in [-0.4, -0.2) is 24.1 Å². The first-order valence-electron chi connectivity index (χ1n) is 6.45. The number of nitrogens with one attached hydrogen (secondary N) is 2. The molecule has 23 heavy (non-hydrogen) atoms. The van der Waals surface area contributed by atoms with Crippen molar-refractivity contribution in [2.24, 2.45) is 0 Å². The summed E-state index contributed by atoms with van der Waals surface area (Å²) in [5, 5.41) is 4.06. The van der Waals surface area contributed by atoms with Gasteiger partial charge >= 0.3 is 0 Å². The zero-order valence-corrected chi connectivity index (χ0v) is 13.1. The molecule has 0 bridgehead atoms. The fourth-order valence-corrected chi connectivity index (χ4v) is 2.78. The van der Waals surface area contributed by atoms with Crippen molar-refractivity contribution in [3.8, 4) is 0 Å². The molecule has 2 rings (SSSR count). The molecule has 1 amide bonds. The van der Waals surface area contributed by atoms with Gasteiger partial charge in [-0.1, -0.05) is 0 Å². The van der Waals surface area contributed by atoms with E-state index in [4.69, 9.17) is 0 Å². The van der Waals surface area contributed by atoms with Crippen LogP contribution in [0.1, 0.15) is 11.4 Å². The predicted octanol–water partition coefficient (Wildman–Crippen LogP) is 0.788. The van der Waals surface area contributed by atoms with Crippen LogP contribution < -0.4 is 10.3 Å². The summed E-state index contributed by atoms with van der Waals surface area (Å²) in [6.07, 6.45) is 0. The van der Waals surface area contributed by atoms with Crippen molar-refractivity contribution in [2.75, 3.05) is 0 Å². The van der Waals surface area contributed by atoms with Crippen LogP contribution in [0.4, 0.5) is 8.78 Å². The SMILES string of the molecule is Cc1cc(C)n(CC(=O)NNS(=O)(=O)c2cc(F)cc(F)c2)n1. The molecule has 0 aliphatic carbocycles. The van der Waals surface area contributed by atoms with Crippen molar-refractivity contribution in [2.45, 2.75) is 25.3 Å². The fourth-order valence-electron chi connectivity index (χ4n) is 1.88. The van der Waals surface area contributed by atoms with Crippen LogP contribution >= 0.6 is 0 Å². The summed E-state index contributed by atoms with van der Waals surface area (Å²) < 4.78 is 51.3. The van der Waals surface area contributed by atoms with Gasteiger partial charge < -0.3 is 0 Å². The molecule has 2 aromatic rings. The lowest BCUT2D eigenvalue weighted by Gasteiger charge is -2.09. The van der Waals surface area contributed by atoms with Crippen LogP contribution in [0.5, 0.6) is 0 Å². The van der Waals surface area contributed by atoms with E-state index in [0.29, 0.717) is 23.9 Å². The maximum Gasteiger partial charge on any atom is 0.257 e. The summed E-state index contributed by atoms with van der Waals surface area (Å²) in [5.74, 6) is -2.77. The standard InChI is InChI=1S/C13H14F2N4O3S/c1-8-3-9(2)19(17-8)7-13(20)16-18-23(21,22)12-5-10(14)4-11(15)6-12/h3-6,18H,7H2,1-2H3,(H,16,20). The topological polar surface area (TPSA) is 93.1 Å². The summed E-state index contributed by atoms with van der Waals surface area (Å²) in [4.78, 5) is 12.9. The summed E-state index contributed by atoms with van der Waals surface area (Å²) in [7, 11) is -4.29. The number of nitrogens with zero attached hydrogens (tertiary/aromatic N) is 2. The quantitative estimate of drug-likeness (QED) is 0.784. The zero-order chi connectivity index (χ0) is 17.2. The molecule has 7 nitrogen and oxygen atoms in total. The van der Waals surface area contributed by atoms with E-state index in [1.807, 2.05) is 5.43 Å². The molecule has 0 aliphatic heterocycles.